The maximum atomic E-state index is 13.6. The lowest BCUT2D eigenvalue weighted by atomic mass is 9.73. The number of carbonyl (C=O) groups is 1. The summed E-state index contributed by atoms with van der Waals surface area (Å²) in [5.41, 5.74) is 0.120. The Hall–Kier alpha value is -1.89. The van der Waals surface area contributed by atoms with Gasteiger partial charge in [-0.05, 0) is 49.4 Å². The lowest BCUT2D eigenvalue weighted by molar-refractivity contribution is -0.131. The first-order valence-electron chi connectivity index (χ1n) is 9.95. The highest BCUT2D eigenvalue weighted by molar-refractivity contribution is 6.35. The van der Waals surface area contributed by atoms with Gasteiger partial charge in [0.25, 0.3) is 0 Å². The standard InChI is InChI=1S/C21H24Cl2N4O2/c22-15-4-5-17(18(23)13-15)21(6-11-29-12-7-21)19(28)26-16-3-1-10-27(14-16)20-24-8-2-9-25-20/h2,4-5,8-9,13,16H,1,3,6-7,10-12,14H2,(H,26,28). The van der Waals surface area contributed by atoms with Crippen molar-refractivity contribution in [1.29, 1.82) is 0 Å². The van der Waals surface area contributed by atoms with Crippen LogP contribution in [0.1, 0.15) is 31.2 Å². The average Bonchev–Trinajstić information content (AvgIpc) is 2.75. The van der Waals surface area contributed by atoms with E-state index in [1.165, 1.54) is 0 Å². The topological polar surface area (TPSA) is 67.4 Å². The van der Waals surface area contributed by atoms with Crippen molar-refractivity contribution in [3.8, 4) is 0 Å². The molecule has 2 aliphatic rings. The van der Waals surface area contributed by atoms with Crippen molar-refractivity contribution < 1.29 is 9.53 Å². The summed E-state index contributed by atoms with van der Waals surface area (Å²) < 4.78 is 5.55. The maximum absolute atomic E-state index is 13.6. The predicted octanol–water partition coefficient (Wildman–Crippen LogP) is 3.62. The second-order valence-corrected chi connectivity index (χ2v) is 8.47. The molecule has 29 heavy (non-hydrogen) atoms. The van der Waals surface area contributed by atoms with Crippen LogP contribution in [0, 0.1) is 0 Å². The van der Waals surface area contributed by atoms with E-state index < -0.39 is 5.41 Å². The van der Waals surface area contributed by atoms with E-state index in [-0.39, 0.29) is 11.9 Å². The van der Waals surface area contributed by atoms with Crippen molar-refractivity contribution in [2.24, 2.45) is 0 Å². The Kier molecular flexibility index (Phi) is 6.23. The van der Waals surface area contributed by atoms with Gasteiger partial charge in [0.15, 0.2) is 0 Å². The van der Waals surface area contributed by atoms with Crippen molar-refractivity contribution in [3.63, 3.8) is 0 Å². The number of aromatic nitrogens is 2. The number of carbonyl (C=O) groups excluding carboxylic acids is 1. The van der Waals surface area contributed by atoms with Crippen molar-refractivity contribution in [2.75, 3.05) is 31.2 Å². The van der Waals surface area contributed by atoms with Gasteiger partial charge < -0.3 is 15.0 Å². The van der Waals surface area contributed by atoms with E-state index in [0.717, 1.165) is 24.9 Å². The molecule has 1 amide bonds. The molecule has 0 saturated carbocycles. The summed E-state index contributed by atoms with van der Waals surface area (Å²) in [6.07, 6.45) is 6.57. The molecule has 2 saturated heterocycles. The van der Waals surface area contributed by atoms with Crippen molar-refractivity contribution in [3.05, 3.63) is 52.3 Å². The lowest BCUT2D eigenvalue weighted by Gasteiger charge is -2.40. The molecule has 3 heterocycles. The first kappa shape index (κ1) is 20.4. The molecule has 8 heteroatoms. The Labute approximate surface area is 180 Å². The van der Waals surface area contributed by atoms with Gasteiger partial charge >= 0.3 is 0 Å². The Bertz CT molecular complexity index is 859. The molecular formula is C21H24Cl2N4O2. The van der Waals surface area contributed by atoms with Crippen LogP contribution < -0.4 is 10.2 Å². The van der Waals surface area contributed by atoms with Gasteiger partial charge in [-0.1, -0.05) is 29.3 Å². The molecule has 0 bridgehead atoms. The quantitative estimate of drug-likeness (QED) is 0.795. The van der Waals surface area contributed by atoms with Crippen LogP contribution in [0.25, 0.3) is 0 Å². The van der Waals surface area contributed by atoms with E-state index in [1.807, 2.05) is 6.07 Å². The summed E-state index contributed by atoms with van der Waals surface area (Å²) in [5.74, 6) is 0.707. The van der Waals surface area contributed by atoms with Crippen molar-refractivity contribution in [1.82, 2.24) is 15.3 Å². The summed E-state index contributed by atoms with van der Waals surface area (Å²) in [6.45, 7) is 2.64. The van der Waals surface area contributed by atoms with Gasteiger partial charge in [-0.15, -0.1) is 0 Å². The molecule has 154 valence electrons. The monoisotopic (exact) mass is 434 g/mol. The summed E-state index contributed by atoms with van der Waals surface area (Å²) in [6, 6.07) is 7.21. The predicted molar refractivity (Wildman–Crippen MR) is 114 cm³/mol. The number of piperidine rings is 1. The number of amides is 1. The third kappa shape index (κ3) is 4.34. The first-order valence-corrected chi connectivity index (χ1v) is 10.7. The Morgan fingerprint density at radius 1 is 1.21 bits per heavy atom. The zero-order valence-electron chi connectivity index (χ0n) is 16.1. The maximum Gasteiger partial charge on any atom is 0.231 e. The van der Waals surface area contributed by atoms with Gasteiger partial charge in [0.1, 0.15) is 0 Å². The highest BCUT2D eigenvalue weighted by Gasteiger charge is 2.44. The number of hydrogen-bond acceptors (Lipinski definition) is 5. The fraction of sp³-hybridized carbons (Fsp3) is 0.476. The van der Waals surface area contributed by atoms with Gasteiger partial charge in [-0.3, -0.25) is 4.79 Å². The summed E-state index contributed by atoms with van der Waals surface area (Å²) in [5, 5.41) is 4.37. The Morgan fingerprint density at radius 2 is 1.97 bits per heavy atom. The zero-order chi connectivity index (χ0) is 20.3. The molecule has 6 nitrogen and oxygen atoms in total. The van der Waals surface area contributed by atoms with Gasteiger partial charge in [0.2, 0.25) is 11.9 Å². The van der Waals surface area contributed by atoms with E-state index >= 15 is 0 Å². The number of nitrogens with zero attached hydrogens (tertiary/aromatic N) is 3. The second-order valence-electron chi connectivity index (χ2n) is 7.63. The molecule has 0 aliphatic carbocycles. The van der Waals surface area contributed by atoms with Crippen LogP contribution >= 0.6 is 23.2 Å². The van der Waals surface area contributed by atoms with Gasteiger partial charge in [0, 0.05) is 54.8 Å². The van der Waals surface area contributed by atoms with Crippen LogP contribution in [0.5, 0.6) is 0 Å². The smallest absolute Gasteiger partial charge is 0.231 e. The third-order valence-corrected chi connectivity index (χ3v) is 6.37. The molecule has 1 unspecified atom stereocenters. The van der Waals surface area contributed by atoms with E-state index in [4.69, 9.17) is 27.9 Å². The number of benzene rings is 1. The highest BCUT2D eigenvalue weighted by Crippen LogP contribution is 2.40. The number of halogens is 2. The fourth-order valence-corrected chi connectivity index (χ4v) is 4.86. The third-order valence-electron chi connectivity index (χ3n) is 5.82. The van der Waals surface area contributed by atoms with Crippen LogP contribution in [0.3, 0.4) is 0 Å². The van der Waals surface area contributed by atoms with Crippen LogP contribution in [0.2, 0.25) is 10.0 Å². The van der Waals surface area contributed by atoms with E-state index in [1.54, 1.807) is 30.6 Å². The van der Waals surface area contributed by atoms with Crippen LogP contribution in [0.15, 0.2) is 36.7 Å². The zero-order valence-corrected chi connectivity index (χ0v) is 17.6. The van der Waals surface area contributed by atoms with E-state index in [2.05, 4.69) is 20.2 Å². The molecule has 4 rings (SSSR count). The molecule has 1 aromatic heterocycles. The number of rotatable bonds is 4. The highest BCUT2D eigenvalue weighted by atomic mass is 35.5. The first-order chi connectivity index (χ1) is 14.1. The van der Waals surface area contributed by atoms with Crippen molar-refractivity contribution in [2.45, 2.75) is 37.1 Å². The minimum absolute atomic E-state index is 0.00542. The molecule has 1 aromatic carbocycles. The Morgan fingerprint density at radius 3 is 2.69 bits per heavy atom. The molecule has 1 atom stereocenters. The van der Waals surface area contributed by atoms with Gasteiger partial charge in [0.05, 0.1) is 5.41 Å². The van der Waals surface area contributed by atoms with E-state index in [9.17, 15) is 4.79 Å². The number of nitrogens with one attached hydrogen (secondary N) is 1. The summed E-state index contributed by atoms with van der Waals surface area (Å²) in [7, 11) is 0. The fourth-order valence-electron chi connectivity index (χ4n) is 4.27. The van der Waals surface area contributed by atoms with Gasteiger partial charge in [-0.25, -0.2) is 9.97 Å². The van der Waals surface area contributed by atoms with E-state index in [0.29, 0.717) is 48.6 Å². The minimum atomic E-state index is -0.703. The largest absolute Gasteiger partial charge is 0.381 e. The number of ether oxygens (including phenoxy) is 1. The molecule has 2 fully saturated rings. The van der Waals surface area contributed by atoms with Crippen LogP contribution in [-0.4, -0.2) is 48.2 Å². The summed E-state index contributed by atoms with van der Waals surface area (Å²) in [4.78, 5) is 24.4. The van der Waals surface area contributed by atoms with Crippen molar-refractivity contribution >= 4 is 35.1 Å². The average molecular weight is 435 g/mol. The molecular weight excluding hydrogens is 411 g/mol. The minimum Gasteiger partial charge on any atom is -0.381 e. The number of anilines is 1. The number of hydrogen-bond donors (Lipinski definition) is 1. The molecule has 2 aromatic rings. The SMILES string of the molecule is O=C(NC1CCCN(c2ncccn2)C1)C1(c2ccc(Cl)cc2Cl)CCOCC1. The molecule has 0 spiro atoms. The molecule has 0 radical (unpaired) electrons. The van der Waals surface area contributed by atoms with Gasteiger partial charge in [-0.2, -0.15) is 0 Å². The van der Waals surface area contributed by atoms with Crippen LogP contribution in [-0.2, 0) is 14.9 Å². The second kappa shape index (κ2) is 8.86. The van der Waals surface area contributed by atoms with Crippen LogP contribution in [0.4, 0.5) is 5.95 Å². The Balaban J connectivity index is 1.54. The molecule has 1 N–H and O–H groups in total. The molecule has 2 aliphatic heterocycles. The summed E-state index contributed by atoms with van der Waals surface area (Å²) >= 11 is 12.6. The normalized spacial score (nSPS) is 21.6. The lowest BCUT2D eigenvalue weighted by Crippen LogP contribution is -2.55.